The predicted molar refractivity (Wildman–Crippen MR) is 118 cm³/mol. The van der Waals surface area contributed by atoms with E-state index in [1.807, 2.05) is 18.2 Å². The highest BCUT2D eigenvalue weighted by molar-refractivity contribution is 5.86. The van der Waals surface area contributed by atoms with Gasteiger partial charge < -0.3 is 24.8 Å². The Kier molecular flexibility index (Phi) is 10.5. The average molecular weight is 450 g/mol. The van der Waals surface area contributed by atoms with Crippen LogP contribution in [-0.2, 0) is 11.3 Å². The van der Waals surface area contributed by atoms with Crippen LogP contribution in [0.4, 0.5) is 0 Å². The van der Waals surface area contributed by atoms with Gasteiger partial charge in [0.25, 0.3) is 5.91 Å². The summed E-state index contributed by atoms with van der Waals surface area (Å²) in [5, 5.41) is 14.5. The van der Waals surface area contributed by atoms with E-state index in [2.05, 4.69) is 10.2 Å². The lowest BCUT2D eigenvalue weighted by atomic mass is 9.90. The van der Waals surface area contributed by atoms with E-state index >= 15 is 0 Å². The zero-order valence-corrected chi connectivity index (χ0v) is 18.8. The largest absolute Gasteiger partial charge is 0.493 e. The van der Waals surface area contributed by atoms with Crippen molar-refractivity contribution in [3.05, 3.63) is 23.8 Å². The molecule has 0 aromatic heterocycles. The molecular weight excluding hydrogens is 417 g/mol. The van der Waals surface area contributed by atoms with E-state index in [1.165, 1.54) is 0 Å². The van der Waals surface area contributed by atoms with E-state index in [-0.39, 0.29) is 30.7 Å². The second-order valence-electron chi connectivity index (χ2n) is 7.39. The second kappa shape index (κ2) is 11.8. The number of carbonyl (C=O) groups excluding carboxylic acids is 1. The molecule has 2 N–H and O–H groups in total. The molecule has 1 atom stereocenters. The Morgan fingerprint density at radius 3 is 2.62 bits per heavy atom. The summed E-state index contributed by atoms with van der Waals surface area (Å²) >= 11 is 0. The quantitative estimate of drug-likeness (QED) is 0.688. The number of carbonyl (C=O) groups is 1. The minimum absolute atomic E-state index is 0. The first kappa shape index (κ1) is 25.8. The monoisotopic (exact) mass is 449 g/mol. The highest BCUT2D eigenvalue weighted by atomic mass is 35.5. The predicted octanol–water partition coefficient (Wildman–Crippen LogP) is 1.70. The van der Waals surface area contributed by atoms with Crippen molar-refractivity contribution in [3.8, 4) is 11.5 Å². The molecule has 9 heteroatoms. The van der Waals surface area contributed by atoms with E-state index in [1.54, 1.807) is 19.1 Å². The van der Waals surface area contributed by atoms with Gasteiger partial charge in [0.15, 0.2) is 17.1 Å². The number of hydrogen-bond acceptors (Lipinski definition) is 6. The molecule has 166 valence electrons. The van der Waals surface area contributed by atoms with Crippen LogP contribution in [0.5, 0.6) is 11.5 Å². The van der Waals surface area contributed by atoms with Crippen molar-refractivity contribution >= 4 is 30.7 Å². The number of aliphatic hydroxyl groups is 1. The van der Waals surface area contributed by atoms with Crippen molar-refractivity contribution in [1.82, 2.24) is 15.1 Å². The Labute approximate surface area is 185 Å². The number of hydrogen-bond donors (Lipinski definition) is 2. The summed E-state index contributed by atoms with van der Waals surface area (Å²) < 4.78 is 10.8. The van der Waals surface area contributed by atoms with Crippen LogP contribution in [0.15, 0.2) is 18.2 Å². The highest BCUT2D eigenvalue weighted by Gasteiger charge is 2.43. The number of para-hydroxylation sites is 1. The van der Waals surface area contributed by atoms with E-state index in [9.17, 15) is 9.90 Å². The van der Waals surface area contributed by atoms with E-state index < -0.39 is 5.60 Å². The topological polar surface area (TPSA) is 74.3 Å². The maximum Gasteiger partial charge on any atom is 0.256 e. The molecule has 29 heavy (non-hydrogen) atoms. The van der Waals surface area contributed by atoms with Crippen LogP contribution < -0.4 is 14.8 Å². The first-order valence-electron chi connectivity index (χ1n) is 9.72. The van der Waals surface area contributed by atoms with Crippen molar-refractivity contribution in [1.29, 1.82) is 0 Å². The minimum atomic E-state index is -1.31. The number of rotatable bonds is 6. The molecule has 7 nitrogen and oxygen atoms in total. The molecule has 0 spiro atoms. The number of likely N-dealkylation sites (tertiary alicyclic amines) is 1. The van der Waals surface area contributed by atoms with Crippen LogP contribution >= 0.6 is 24.8 Å². The van der Waals surface area contributed by atoms with Crippen molar-refractivity contribution < 1.29 is 19.4 Å². The lowest BCUT2D eigenvalue weighted by Crippen LogP contribution is -2.58. The van der Waals surface area contributed by atoms with Crippen molar-refractivity contribution in [2.24, 2.45) is 0 Å². The highest BCUT2D eigenvalue weighted by Crippen LogP contribution is 2.33. The number of benzene rings is 1. The number of amides is 1. The number of β-amino-alcohol motifs (C(OH)–C–C–N with tert-alkyl or cyclic N) is 1. The summed E-state index contributed by atoms with van der Waals surface area (Å²) in [7, 11) is 3.20. The summed E-state index contributed by atoms with van der Waals surface area (Å²) in [4.78, 5) is 17.1. The van der Waals surface area contributed by atoms with Gasteiger partial charge in [0, 0.05) is 38.3 Å². The van der Waals surface area contributed by atoms with Crippen LogP contribution in [0.3, 0.4) is 0 Å². The maximum atomic E-state index is 13.1. The molecule has 1 aromatic carbocycles. The number of ether oxygens (including phenoxy) is 2. The molecule has 2 fully saturated rings. The third-order valence-corrected chi connectivity index (χ3v) is 5.47. The molecule has 3 rings (SSSR count). The van der Waals surface area contributed by atoms with E-state index in [0.29, 0.717) is 37.6 Å². The van der Waals surface area contributed by atoms with Gasteiger partial charge in [-0.25, -0.2) is 0 Å². The molecule has 2 aliphatic rings. The van der Waals surface area contributed by atoms with Gasteiger partial charge in [0.1, 0.15) is 0 Å². The number of halogens is 2. The van der Waals surface area contributed by atoms with Crippen molar-refractivity contribution in [2.45, 2.75) is 31.4 Å². The van der Waals surface area contributed by atoms with Crippen LogP contribution in [0.2, 0.25) is 0 Å². The molecular formula is C20H33Cl2N3O4. The Bertz CT molecular complexity index is 657. The minimum Gasteiger partial charge on any atom is -0.493 e. The van der Waals surface area contributed by atoms with Crippen molar-refractivity contribution in [3.63, 3.8) is 0 Å². The Balaban J connectivity index is 0.00000210. The van der Waals surface area contributed by atoms with Gasteiger partial charge in [-0.2, -0.15) is 0 Å². The fourth-order valence-electron chi connectivity index (χ4n) is 4.08. The molecule has 2 saturated heterocycles. The maximum absolute atomic E-state index is 13.1. The van der Waals surface area contributed by atoms with Gasteiger partial charge >= 0.3 is 0 Å². The number of methoxy groups -OCH3 is 2. The molecule has 0 radical (unpaired) electrons. The Hall–Kier alpha value is -1.25. The van der Waals surface area contributed by atoms with E-state index in [0.717, 1.165) is 44.6 Å². The third-order valence-electron chi connectivity index (χ3n) is 5.47. The Morgan fingerprint density at radius 1 is 1.10 bits per heavy atom. The lowest BCUT2D eigenvalue weighted by Gasteiger charge is -2.40. The average Bonchev–Trinajstić information content (AvgIpc) is 2.93. The molecule has 1 amide bonds. The fourth-order valence-corrected chi connectivity index (χ4v) is 4.08. The first-order chi connectivity index (χ1) is 13.1. The molecule has 0 saturated carbocycles. The first-order valence-corrected chi connectivity index (χ1v) is 9.72. The van der Waals surface area contributed by atoms with Gasteiger partial charge in [0.05, 0.1) is 14.2 Å². The normalized spacial score (nSPS) is 22.9. The zero-order valence-electron chi connectivity index (χ0n) is 17.2. The van der Waals surface area contributed by atoms with Gasteiger partial charge in [-0.1, -0.05) is 12.1 Å². The molecule has 1 aromatic rings. The molecule has 2 heterocycles. The fraction of sp³-hybridized carbons (Fsp3) is 0.650. The smallest absolute Gasteiger partial charge is 0.256 e. The molecule has 2 aliphatic heterocycles. The zero-order chi connectivity index (χ0) is 19.3. The second-order valence-corrected chi connectivity index (χ2v) is 7.39. The summed E-state index contributed by atoms with van der Waals surface area (Å²) in [5.41, 5.74) is -0.428. The molecule has 0 aliphatic carbocycles. The van der Waals surface area contributed by atoms with Gasteiger partial charge in [-0.05, 0) is 38.4 Å². The Morgan fingerprint density at radius 2 is 1.90 bits per heavy atom. The van der Waals surface area contributed by atoms with Gasteiger partial charge in [0.2, 0.25) is 0 Å². The van der Waals surface area contributed by atoms with Crippen LogP contribution in [0.25, 0.3) is 0 Å². The van der Waals surface area contributed by atoms with Gasteiger partial charge in [-0.15, -0.1) is 24.8 Å². The van der Waals surface area contributed by atoms with Crippen LogP contribution in [-0.4, -0.2) is 79.9 Å². The van der Waals surface area contributed by atoms with Gasteiger partial charge in [-0.3, -0.25) is 9.69 Å². The molecule has 1 unspecified atom stereocenters. The van der Waals surface area contributed by atoms with Crippen molar-refractivity contribution in [2.75, 3.05) is 53.5 Å². The number of piperidine rings is 1. The summed E-state index contributed by atoms with van der Waals surface area (Å²) in [6.07, 6.45) is 2.34. The third kappa shape index (κ3) is 6.12. The van der Waals surface area contributed by atoms with Crippen LogP contribution in [0.1, 0.15) is 24.8 Å². The lowest BCUT2D eigenvalue weighted by molar-refractivity contribution is -0.160. The summed E-state index contributed by atoms with van der Waals surface area (Å²) in [6.45, 7) is 5.11. The molecule has 0 bridgehead atoms. The number of nitrogens with zero attached hydrogens (tertiary/aromatic N) is 2. The summed E-state index contributed by atoms with van der Waals surface area (Å²) in [6, 6.07) is 5.66. The van der Waals surface area contributed by atoms with E-state index in [4.69, 9.17) is 9.47 Å². The summed E-state index contributed by atoms with van der Waals surface area (Å²) in [5.74, 6) is 1.10. The standard InChI is InChI=1S/C20H31N3O4.2ClH/c1-26-17-7-3-6-16(18(17)27-2)14-23-12-4-8-20(25,19(23)24)15-22-11-5-9-21-10-13-22;;/h3,6-7,21,25H,4-5,8-15H2,1-2H3;2*1H. The number of nitrogens with one attached hydrogen (secondary N) is 1. The van der Waals surface area contributed by atoms with Crippen LogP contribution in [0, 0.1) is 0 Å². The SMILES string of the molecule is COc1cccc(CN2CCCC(O)(CN3CCCNCC3)C2=O)c1OC.Cl.Cl.